The summed E-state index contributed by atoms with van der Waals surface area (Å²) in [5.41, 5.74) is 0. The average Bonchev–Trinajstić information content (AvgIpc) is 3.10. The molecular weight excluding hydrogens is 316 g/mol. The van der Waals surface area contributed by atoms with Crippen molar-refractivity contribution in [1.82, 2.24) is 9.80 Å². The molecule has 1 aliphatic heterocycles. The molecule has 0 spiro atoms. The van der Waals surface area contributed by atoms with Crippen molar-refractivity contribution in [2.24, 2.45) is 0 Å². The molecule has 0 amide bonds. The lowest BCUT2D eigenvalue weighted by Crippen LogP contribution is -2.26. The van der Waals surface area contributed by atoms with E-state index < -0.39 is 0 Å². The van der Waals surface area contributed by atoms with Crippen molar-refractivity contribution >= 4 is 0 Å². The molecule has 154 valence electrons. The molecule has 0 radical (unpaired) electrons. The van der Waals surface area contributed by atoms with Gasteiger partial charge in [0, 0.05) is 25.5 Å². The first kappa shape index (κ1) is 23.4. The summed E-state index contributed by atoms with van der Waals surface area (Å²) in [6.07, 6.45) is 28.8. The quantitative estimate of drug-likeness (QED) is 0.217. The Balaban J connectivity index is 1.80. The monoisotopic (exact) mass is 364 g/mol. The van der Waals surface area contributed by atoms with E-state index in [1.165, 1.54) is 122 Å². The predicted molar refractivity (Wildman–Crippen MR) is 117 cm³/mol. The number of nitrogens with zero attached hydrogens (tertiary/aromatic N) is 2. The number of rotatable bonds is 19. The van der Waals surface area contributed by atoms with E-state index >= 15 is 0 Å². The molecule has 0 fully saturated rings. The Hall–Kier alpha value is -0.660. The van der Waals surface area contributed by atoms with Crippen LogP contribution in [-0.2, 0) is 0 Å². The van der Waals surface area contributed by atoms with E-state index in [1.54, 1.807) is 0 Å². The van der Waals surface area contributed by atoms with Crippen LogP contribution in [0.3, 0.4) is 0 Å². The number of hydrogen-bond acceptors (Lipinski definition) is 2. The molecule has 0 unspecified atom stereocenters. The van der Waals surface area contributed by atoms with Gasteiger partial charge in [-0.25, -0.2) is 0 Å². The van der Waals surface area contributed by atoms with Gasteiger partial charge in [0.05, 0.1) is 6.67 Å². The van der Waals surface area contributed by atoms with Gasteiger partial charge >= 0.3 is 0 Å². The molecule has 1 rings (SSSR count). The van der Waals surface area contributed by atoms with Gasteiger partial charge in [-0.05, 0) is 12.8 Å². The van der Waals surface area contributed by atoms with Gasteiger partial charge in [-0.3, -0.25) is 0 Å². The Morgan fingerprint density at radius 1 is 0.462 bits per heavy atom. The summed E-state index contributed by atoms with van der Waals surface area (Å²) in [7, 11) is 0. The Kier molecular flexibility index (Phi) is 16.0. The van der Waals surface area contributed by atoms with Crippen LogP contribution in [0.4, 0.5) is 0 Å². The van der Waals surface area contributed by atoms with Gasteiger partial charge in [-0.15, -0.1) is 0 Å². The third-order valence-electron chi connectivity index (χ3n) is 5.70. The highest BCUT2D eigenvalue weighted by molar-refractivity contribution is 4.90. The Bertz CT molecular complexity index is 313. The summed E-state index contributed by atoms with van der Waals surface area (Å²) < 4.78 is 0. The van der Waals surface area contributed by atoms with E-state index in [0.717, 1.165) is 6.67 Å². The maximum atomic E-state index is 2.50. The van der Waals surface area contributed by atoms with Gasteiger partial charge in [0.2, 0.25) is 0 Å². The van der Waals surface area contributed by atoms with Gasteiger partial charge < -0.3 is 9.80 Å². The first-order chi connectivity index (χ1) is 12.9. The van der Waals surface area contributed by atoms with E-state index in [1.807, 2.05) is 0 Å². The van der Waals surface area contributed by atoms with Crippen molar-refractivity contribution in [2.45, 2.75) is 123 Å². The van der Waals surface area contributed by atoms with E-state index in [4.69, 9.17) is 0 Å². The zero-order valence-corrected chi connectivity index (χ0v) is 18.2. The van der Waals surface area contributed by atoms with Crippen LogP contribution in [0.2, 0.25) is 0 Å². The van der Waals surface area contributed by atoms with E-state index in [2.05, 4.69) is 36.0 Å². The highest BCUT2D eigenvalue weighted by Gasteiger charge is 2.10. The largest absolute Gasteiger partial charge is 0.359 e. The lowest BCUT2D eigenvalue weighted by molar-refractivity contribution is 0.257. The number of hydrogen-bond donors (Lipinski definition) is 0. The summed E-state index contributed by atoms with van der Waals surface area (Å²) in [6, 6.07) is 0. The predicted octanol–water partition coefficient (Wildman–Crippen LogP) is 7.70. The van der Waals surface area contributed by atoms with E-state index in [9.17, 15) is 0 Å². The highest BCUT2D eigenvalue weighted by atomic mass is 15.3. The van der Waals surface area contributed by atoms with Crippen molar-refractivity contribution in [1.29, 1.82) is 0 Å². The normalized spacial score (nSPS) is 13.9. The van der Waals surface area contributed by atoms with Gasteiger partial charge in [0.25, 0.3) is 0 Å². The van der Waals surface area contributed by atoms with Crippen LogP contribution < -0.4 is 0 Å². The third kappa shape index (κ3) is 13.5. The summed E-state index contributed by atoms with van der Waals surface area (Å²) in [5.74, 6) is 0. The zero-order chi connectivity index (χ0) is 18.7. The van der Waals surface area contributed by atoms with Crippen molar-refractivity contribution in [3.05, 3.63) is 12.4 Å². The Labute approximate surface area is 165 Å². The minimum atomic E-state index is 1.13. The fourth-order valence-electron chi connectivity index (χ4n) is 3.88. The molecule has 0 atom stereocenters. The second-order valence-electron chi connectivity index (χ2n) is 8.37. The summed E-state index contributed by atoms with van der Waals surface area (Å²) in [4.78, 5) is 4.99. The van der Waals surface area contributed by atoms with Crippen molar-refractivity contribution in [3.63, 3.8) is 0 Å². The molecule has 1 aliphatic rings. The molecule has 2 nitrogen and oxygen atoms in total. The second kappa shape index (κ2) is 17.7. The van der Waals surface area contributed by atoms with Crippen molar-refractivity contribution in [2.75, 3.05) is 19.8 Å². The van der Waals surface area contributed by atoms with E-state index in [-0.39, 0.29) is 0 Å². The van der Waals surface area contributed by atoms with Crippen LogP contribution in [-0.4, -0.2) is 29.6 Å². The van der Waals surface area contributed by atoms with Crippen LogP contribution >= 0.6 is 0 Å². The van der Waals surface area contributed by atoms with Crippen LogP contribution in [0, 0.1) is 0 Å². The van der Waals surface area contributed by atoms with Crippen molar-refractivity contribution < 1.29 is 0 Å². The lowest BCUT2D eigenvalue weighted by atomic mass is 10.1. The van der Waals surface area contributed by atoms with Gasteiger partial charge in [-0.1, -0.05) is 110 Å². The fraction of sp³-hybridized carbons (Fsp3) is 0.917. The molecule has 26 heavy (non-hydrogen) atoms. The second-order valence-corrected chi connectivity index (χ2v) is 8.37. The Morgan fingerprint density at radius 3 is 1.12 bits per heavy atom. The summed E-state index contributed by atoms with van der Waals surface area (Å²) in [6.45, 7) is 8.21. The molecular formula is C24H48N2. The molecule has 1 heterocycles. The van der Waals surface area contributed by atoms with Crippen LogP contribution in [0.25, 0.3) is 0 Å². The molecule has 0 aromatic heterocycles. The number of unbranched alkanes of at least 4 members (excludes halogenated alkanes) is 15. The maximum Gasteiger partial charge on any atom is 0.0893 e. The molecule has 0 aliphatic carbocycles. The maximum absolute atomic E-state index is 2.50. The first-order valence-electron chi connectivity index (χ1n) is 12.0. The smallest absolute Gasteiger partial charge is 0.0893 e. The van der Waals surface area contributed by atoms with Gasteiger partial charge in [-0.2, -0.15) is 0 Å². The molecule has 0 saturated heterocycles. The lowest BCUT2D eigenvalue weighted by Gasteiger charge is -2.21. The first-order valence-corrected chi connectivity index (χ1v) is 12.0. The van der Waals surface area contributed by atoms with Crippen LogP contribution in [0.5, 0.6) is 0 Å². The molecule has 0 bridgehead atoms. The highest BCUT2D eigenvalue weighted by Crippen LogP contribution is 2.14. The SMILES string of the molecule is CCCCCCCCCCCCCCN1C=CN(CCCCCCC)C1. The summed E-state index contributed by atoms with van der Waals surface area (Å²) >= 11 is 0. The van der Waals surface area contributed by atoms with Crippen LogP contribution in [0.15, 0.2) is 12.4 Å². The molecule has 0 aromatic carbocycles. The third-order valence-corrected chi connectivity index (χ3v) is 5.70. The van der Waals surface area contributed by atoms with E-state index in [0.29, 0.717) is 0 Å². The molecule has 2 heteroatoms. The van der Waals surface area contributed by atoms with Gasteiger partial charge in [0.15, 0.2) is 0 Å². The molecule has 0 aromatic rings. The van der Waals surface area contributed by atoms with Crippen LogP contribution in [0.1, 0.15) is 123 Å². The molecule has 0 N–H and O–H groups in total. The Morgan fingerprint density at radius 2 is 0.769 bits per heavy atom. The summed E-state index contributed by atoms with van der Waals surface area (Å²) in [5, 5.41) is 0. The molecule has 0 saturated carbocycles. The fourth-order valence-corrected chi connectivity index (χ4v) is 3.88. The minimum Gasteiger partial charge on any atom is -0.359 e. The zero-order valence-electron chi connectivity index (χ0n) is 18.2. The standard InChI is InChI=1S/C24H48N2/c1-3-5-7-9-10-11-12-13-14-15-17-19-21-26-23-22-25(24-26)20-18-16-8-6-4-2/h22-23H,3-21,24H2,1-2H3. The van der Waals surface area contributed by atoms with Crippen molar-refractivity contribution in [3.8, 4) is 0 Å². The topological polar surface area (TPSA) is 6.48 Å². The van der Waals surface area contributed by atoms with Gasteiger partial charge in [0.1, 0.15) is 0 Å². The minimum absolute atomic E-state index is 1.13. The average molecular weight is 365 g/mol.